The average Bonchev–Trinajstić information content (AvgIpc) is 2.54. The van der Waals surface area contributed by atoms with Crippen LogP contribution in [0, 0.1) is 0 Å². The van der Waals surface area contributed by atoms with Crippen LogP contribution in [0.2, 0.25) is 0 Å². The van der Waals surface area contributed by atoms with E-state index >= 15 is 0 Å². The van der Waals surface area contributed by atoms with E-state index in [0.29, 0.717) is 12.3 Å². The van der Waals surface area contributed by atoms with Crippen molar-refractivity contribution in [1.82, 2.24) is 4.98 Å². The Balaban J connectivity index is 2.02. The lowest BCUT2D eigenvalue weighted by Crippen LogP contribution is -2.30. The minimum absolute atomic E-state index is 0.161. The van der Waals surface area contributed by atoms with Crippen molar-refractivity contribution < 1.29 is 22.7 Å². The minimum atomic E-state index is -4.63. The zero-order chi connectivity index (χ0) is 17.7. The first kappa shape index (κ1) is 17.7. The lowest BCUT2D eigenvalue weighted by atomic mass is 10.2. The summed E-state index contributed by atoms with van der Waals surface area (Å²) in [5.74, 6) is -0.712. The van der Waals surface area contributed by atoms with E-state index in [4.69, 9.17) is 4.74 Å². The number of alkyl halides is 3. The molecule has 0 saturated heterocycles. The van der Waals surface area contributed by atoms with Gasteiger partial charge in [0, 0.05) is 6.20 Å². The SMILES string of the molecule is C[C@@H](OCc1ccccc1)C(=O)Nc1cc(C(F)(F)F)c[nH]c1=O. The van der Waals surface area contributed by atoms with Crippen molar-refractivity contribution in [2.24, 2.45) is 0 Å². The summed E-state index contributed by atoms with van der Waals surface area (Å²) >= 11 is 0. The summed E-state index contributed by atoms with van der Waals surface area (Å²) in [6.07, 6.45) is -5.02. The van der Waals surface area contributed by atoms with Crippen molar-refractivity contribution in [2.45, 2.75) is 25.8 Å². The highest BCUT2D eigenvalue weighted by Gasteiger charge is 2.31. The molecule has 0 fully saturated rings. The summed E-state index contributed by atoms with van der Waals surface area (Å²) in [6, 6.07) is 9.65. The Morgan fingerprint density at radius 2 is 1.96 bits per heavy atom. The van der Waals surface area contributed by atoms with Crippen LogP contribution in [0.4, 0.5) is 18.9 Å². The molecule has 0 saturated carbocycles. The van der Waals surface area contributed by atoms with Crippen LogP contribution in [0.3, 0.4) is 0 Å². The van der Waals surface area contributed by atoms with Gasteiger partial charge in [-0.3, -0.25) is 9.59 Å². The molecule has 2 rings (SSSR count). The van der Waals surface area contributed by atoms with Crippen molar-refractivity contribution >= 4 is 11.6 Å². The number of carbonyl (C=O) groups is 1. The van der Waals surface area contributed by atoms with Gasteiger partial charge in [-0.1, -0.05) is 30.3 Å². The molecule has 8 heteroatoms. The number of ether oxygens (including phenoxy) is 1. The van der Waals surface area contributed by atoms with Crippen LogP contribution < -0.4 is 10.9 Å². The molecule has 24 heavy (non-hydrogen) atoms. The lowest BCUT2D eigenvalue weighted by Gasteiger charge is -2.14. The van der Waals surface area contributed by atoms with E-state index in [1.54, 1.807) is 0 Å². The number of aromatic amines is 1. The molecule has 128 valence electrons. The number of hydrogen-bond donors (Lipinski definition) is 2. The molecular formula is C16H15F3N2O3. The lowest BCUT2D eigenvalue weighted by molar-refractivity contribution is -0.138. The van der Waals surface area contributed by atoms with Gasteiger partial charge in [-0.25, -0.2) is 0 Å². The van der Waals surface area contributed by atoms with Crippen molar-refractivity contribution in [1.29, 1.82) is 0 Å². The molecule has 0 aliphatic carbocycles. The third-order valence-corrected chi connectivity index (χ3v) is 3.20. The summed E-state index contributed by atoms with van der Waals surface area (Å²) in [5.41, 5.74) is -1.53. The van der Waals surface area contributed by atoms with Crippen LogP contribution in [-0.2, 0) is 22.3 Å². The van der Waals surface area contributed by atoms with E-state index in [1.165, 1.54) is 6.92 Å². The van der Waals surface area contributed by atoms with Crippen molar-refractivity contribution in [2.75, 3.05) is 5.32 Å². The van der Waals surface area contributed by atoms with Gasteiger partial charge in [0.25, 0.3) is 11.5 Å². The van der Waals surface area contributed by atoms with E-state index in [1.807, 2.05) is 35.3 Å². The van der Waals surface area contributed by atoms with Gasteiger partial charge in [0.2, 0.25) is 0 Å². The van der Waals surface area contributed by atoms with Gasteiger partial charge < -0.3 is 15.0 Å². The number of amides is 1. The molecule has 0 radical (unpaired) electrons. The van der Waals surface area contributed by atoms with Gasteiger partial charge >= 0.3 is 6.18 Å². The first-order valence-electron chi connectivity index (χ1n) is 7.03. The fourth-order valence-corrected chi connectivity index (χ4v) is 1.85. The maximum Gasteiger partial charge on any atom is 0.417 e. The standard InChI is InChI=1S/C16H15F3N2O3/c1-10(24-9-11-5-3-2-4-6-11)14(22)21-13-7-12(16(17,18)19)8-20-15(13)23/h2-8,10H,9H2,1H3,(H,20,23)(H,21,22)/t10-/m1/s1. The second-order valence-corrected chi connectivity index (χ2v) is 5.06. The van der Waals surface area contributed by atoms with Gasteiger partial charge in [-0.05, 0) is 18.6 Å². The number of H-pyrrole nitrogens is 1. The predicted molar refractivity (Wildman–Crippen MR) is 81.4 cm³/mol. The number of nitrogens with one attached hydrogen (secondary N) is 2. The van der Waals surface area contributed by atoms with Gasteiger partial charge in [-0.15, -0.1) is 0 Å². The summed E-state index contributed by atoms with van der Waals surface area (Å²) in [7, 11) is 0. The highest BCUT2D eigenvalue weighted by Crippen LogP contribution is 2.29. The van der Waals surface area contributed by atoms with Gasteiger partial charge in [0.15, 0.2) is 0 Å². The number of rotatable bonds is 5. The van der Waals surface area contributed by atoms with Crippen molar-refractivity contribution in [3.05, 3.63) is 64.1 Å². The Morgan fingerprint density at radius 1 is 1.29 bits per heavy atom. The molecular weight excluding hydrogens is 325 g/mol. The molecule has 0 bridgehead atoms. The Kier molecular flexibility index (Phi) is 5.40. The van der Waals surface area contributed by atoms with Crippen molar-refractivity contribution in [3.8, 4) is 0 Å². The Labute approximate surface area is 135 Å². The number of aromatic nitrogens is 1. The molecule has 0 aliphatic heterocycles. The zero-order valence-corrected chi connectivity index (χ0v) is 12.7. The normalized spacial score (nSPS) is 12.7. The molecule has 0 unspecified atom stereocenters. The highest BCUT2D eigenvalue weighted by molar-refractivity contribution is 5.93. The van der Waals surface area contributed by atoms with Gasteiger partial charge in [0.1, 0.15) is 11.8 Å². The number of benzene rings is 1. The first-order chi connectivity index (χ1) is 11.3. The number of hydrogen-bond acceptors (Lipinski definition) is 3. The Bertz CT molecular complexity index is 757. The third-order valence-electron chi connectivity index (χ3n) is 3.20. The zero-order valence-electron chi connectivity index (χ0n) is 12.7. The molecule has 0 aliphatic rings. The predicted octanol–water partition coefficient (Wildman–Crippen LogP) is 2.94. The molecule has 2 N–H and O–H groups in total. The maximum absolute atomic E-state index is 12.6. The van der Waals surface area contributed by atoms with Crippen LogP contribution in [-0.4, -0.2) is 17.0 Å². The summed E-state index contributed by atoms with van der Waals surface area (Å²) in [5, 5.41) is 2.15. The smallest absolute Gasteiger partial charge is 0.364 e. The number of pyridine rings is 1. The summed E-state index contributed by atoms with van der Waals surface area (Å²) in [4.78, 5) is 25.5. The quantitative estimate of drug-likeness (QED) is 0.879. The number of carbonyl (C=O) groups excluding carboxylic acids is 1. The van der Waals surface area contributed by atoms with Crippen LogP contribution in [0.15, 0.2) is 47.4 Å². The molecule has 1 aromatic carbocycles. The van der Waals surface area contributed by atoms with Gasteiger partial charge in [0.05, 0.1) is 12.2 Å². The van der Waals surface area contributed by atoms with E-state index in [9.17, 15) is 22.8 Å². The molecule has 1 amide bonds. The first-order valence-corrected chi connectivity index (χ1v) is 7.03. The second-order valence-electron chi connectivity index (χ2n) is 5.06. The topological polar surface area (TPSA) is 71.2 Å². The average molecular weight is 340 g/mol. The molecule has 5 nitrogen and oxygen atoms in total. The largest absolute Gasteiger partial charge is 0.417 e. The molecule has 1 atom stereocenters. The van der Waals surface area contributed by atoms with E-state index in [2.05, 4.69) is 5.32 Å². The van der Waals surface area contributed by atoms with Crippen LogP contribution in [0.25, 0.3) is 0 Å². The van der Waals surface area contributed by atoms with Crippen LogP contribution in [0.5, 0.6) is 0 Å². The van der Waals surface area contributed by atoms with Crippen LogP contribution in [0.1, 0.15) is 18.1 Å². The second kappa shape index (κ2) is 7.31. The number of anilines is 1. The fraction of sp³-hybridized carbons (Fsp3) is 0.250. The van der Waals surface area contributed by atoms with Gasteiger partial charge in [-0.2, -0.15) is 13.2 Å². The van der Waals surface area contributed by atoms with E-state index < -0.39 is 35.0 Å². The summed E-state index contributed by atoms with van der Waals surface area (Å²) in [6.45, 7) is 1.61. The molecule has 2 aromatic rings. The highest BCUT2D eigenvalue weighted by atomic mass is 19.4. The van der Waals surface area contributed by atoms with E-state index in [0.717, 1.165) is 5.56 Å². The monoisotopic (exact) mass is 340 g/mol. The molecule has 0 spiro atoms. The van der Waals surface area contributed by atoms with E-state index in [-0.39, 0.29) is 6.61 Å². The third kappa shape index (κ3) is 4.69. The molecule has 1 aromatic heterocycles. The Morgan fingerprint density at radius 3 is 2.58 bits per heavy atom. The van der Waals surface area contributed by atoms with Crippen LogP contribution >= 0.6 is 0 Å². The molecule has 1 heterocycles. The summed E-state index contributed by atoms with van der Waals surface area (Å²) < 4.78 is 43.3. The minimum Gasteiger partial charge on any atom is -0.364 e. The number of halogens is 3. The fourth-order valence-electron chi connectivity index (χ4n) is 1.85. The van der Waals surface area contributed by atoms with Crippen molar-refractivity contribution in [3.63, 3.8) is 0 Å². The Hall–Kier alpha value is -2.61. The maximum atomic E-state index is 12.6.